The van der Waals surface area contributed by atoms with Crippen LogP contribution in [0.25, 0.3) is 0 Å². The normalized spacial score (nSPS) is 45.3. The summed E-state index contributed by atoms with van der Waals surface area (Å²) in [5.41, 5.74) is -1.01. The van der Waals surface area contributed by atoms with E-state index in [1.165, 1.54) is 0 Å². The van der Waals surface area contributed by atoms with Gasteiger partial charge in [-0.25, -0.2) is 22.3 Å². The molecule has 0 aromatic carbocycles. The van der Waals surface area contributed by atoms with Gasteiger partial charge in [-0.05, 0) is 19.3 Å². The summed E-state index contributed by atoms with van der Waals surface area (Å²) in [6.45, 7) is 0. The maximum absolute atomic E-state index is 12.2. The molecule has 0 aromatic heterocycles. The number of nitrogens with two attached hydrogens (primary N) is 1. The topological polar surface area (TPSA) is 60.2 Å². The van der Waals surface area contributed by atoms with Crippen molar-refractivity contribution in [1.29, 1.82) is 0 Å². The van der Waals surface area contributed by atoms with Crippen molar-refractivity contribution in [2.24, 2.45) is 10.6 Å². The van der Waals surface area contributed by atoms with Crippen LogP contribution in [0.4, 0.5) is 8.78 Å². The summed E-state index contributed by atoms with van der Waals surface area (Å²) in [5, 5.41) is 4.90. The third-order valence-electron chi connectivity index (χ3n) is 3.09. The second-order valence-electron chi connectivity index (χ2n) is 3.92. The van der Waals surface area contributed by atoms with Gasteiger partial charge in [-0.3, -0.25) is 0 Å². The number of alkyl halides is 2. The fourth-order valence-electron chi connectivity index (χ4n) is 2.30. The average Bonchev–Trinajstić information content (AvgIpc) is 1.46. The second kappa shape index (κ2) is 1.82. The molecule has 3 aliphatic carbocycles. The third-order valence-corrected chi connectivity index (χ3v) is 4.73. The van der Waals surface area contributed by atoms with Gasteiger partial charge in [0.2, 0.25) is 16.4 Å². The van der Waals surface area contributed by atoms with Crippen LogP contribution in [-0.4, -0.2) is 19.6 Å². The van der Waals surface area contributed by atoms with Crippen LogP contribution in [0.15, 0.2) is 0 Å². The van der Waals surface area contributed by atoms with Gasteiger partial charge in [-0.15, -0.1) is 0 Å². The molecule has 70 valence electrons. The lowest BCUT2D eigenvalue weighted by Crippen LogP contribution is -2.74. The first-order chi connectivity index (χ1) is 5.31. The largest absolute Gasteiger partial charge is 0.244 e. The zero-order valence-electron chi connectivity index (χ0n) is 6.26. The molecule has 0 aliphatic heterocycles. The molecule has 6 heteroatoms. The molecule has 12 heavy (non-hydrogen) atoms. The monoisotopic (exact) mass is 197 g/mol. The Hall–Kier alpha value is -0.230. The van der Waals surface area contributed by atoms with Crippen molar-refractivity contribution in [2.45, 2.75) is 30.4 Å². The van der Waals surface area contributed by atoms with Crippen molar-refractivity contribution in [3.05, 3.63) is 0 Å². The van der Waals surface area contributed by atoms with Gasteiger partial charge in [0.1, 0.15) is 0 Å². The van der Waals surface area contributed by atoms with E-state index in [4.69, 9.17) is 5.14 Å². The third kappa shape index (κ3) is 0.700. The molecule has 3 aliphatic rings. The number of hydrogen-bond acceptors (Lipinski definition) is 2. The van der Waals surface area contributed by atoms with Gasteiger partial charge < -0.3 is 0 Å². The number of primary sulfonamides is 1. The van der Waals surface area contributed by atoms with Crippen molar-refractivity contribution in [3.63, 3.8) is 0 Å². The van der Waals surface area contributed by atoms with Crippen molar-refractivity contribution >= 4 is 10.0 Å². The highest BCUT2D eigenvalue weighted by Crippen LogP contribution is 2.72. The molecule has 3 nitrogen and oxygen atoms in total. The molecule has 0 radical (unpaired) electrons. The Morgan fingerprint density at radius 3 is 1.92 bits per heavy atom. The minimum absolute atomic E-state index is 0.0521. The second-order valence-corrected chi connectivity index (χ2v) is 5.88. The molecule has 0 unspecified atom stereocenters. The minimum Gasteiger partial charge on any atom is -0.228 e. The first kappa shape index (κ1) is 8.37. The zero-order chi connectivity index (χ0) is 9.20. The van der Waals surface area contributed by atoms with Crippen molar-refractivity contribution in [2.75, 3.05) is 0 Å². The van der Waals surface area contributed by atoms with Crippen molar-refractivity contribution in [3.8, 4) is 0 Å². The van der Waals surface area contributed by atoms with Gasteiger partial charge in [0, 0.05) is 5.41 Å². The van der Waals surface area contributed by atoms with E-state index >= 15 is 0 Å². The molecule has 0 spiro atoms. The standard InChI is InChI=1S/C6H9F2NO2S/c7-4(8)5-1-6(2-5,3-5)12(9,10)11/h4H,1-3H2,(H2,9,10,11). The number of rotatable bonds is 2. The highest BCUT2D eigenvalue weighted by molar-refractivity contribution is 7.90. The molecule has 3 saturated carbocycles. The molecular formula is C6H9F2NO2S. The highest BCUT2D eigenvalue weighted by Gasteiger charge is 2.76. The van der Waals surface area contributed by atoms with E-state index in [0.29, 0.717) is 0 Å². The van der Waals surface area contributed by atoms with E-state index in [-0.39, 0.29) is 19.3 Å². The fourth-order valence-corrected chi connectivity index (χ4v) is 3.77. The predicted molar refractivity (Wildman–Crippen MR) is 38.1 cm³/mol. The van der Waals surface area contributed by atoms with E-state index in [0.717, 1.165) is 0 Å². The Bertz CT molecular complexity index is 305. The van der Waals surface area contributed by atoms with Gasteiger partial charge in [-0.1, -0.05) is 0 Å². The summed E-state index contributed by atoms with van der Waals surface area (Å²) < 4.78 is 45.2. The molecule has 0 saturated heterocycles. The quantitative estimate of drug-likeness (QED) is 0.699. The Kier molecular flexibility index (Phi) is 1.27. The van der Waals surface area contributed by atoms with Gasteiger partial charge in [0.25, 0.3) is 0 Å². The molecule has 2 N–H and O–H groups in total. The molecule has 3 fully saturated rings. The predicted octanol–water partition coefficient (Wildman–Crippen LogP) is 0.463. The first-order valence-electron chi connectivity index (χ1n) is 3.62. The molecule has 0 amide bonds. The summed E-state index contributed by atoms with van der Waals surface area (Å²) in [4.78, 5) is 0. The lowest BCUT2D eigenvalue weighted by molar-refractivity contribution is -0.181. The van der Waals surface area contributed by atoms with Crippen LogP contribution in [0, 0.1) is 5.41 Å². The van der Waals surface area contributed by atoms with Crippen LogP contribution in [0.1, 0.15) is 19.3 Å². The van der Waals surface area contributed by atoms with E-state index in [2.05, 4.69) is 0 Å². The van der Waals surface area contributed by atoms with Crippen LogP contribution in [0.3, 0.4) is 0 Å². The molecule has 3 rings (SSSR count). The van der Waals surface area contributed by atoms with Gasteiger partial charge in [-0.2, -0.15) is 0 Å². The number of sulfonamides is 1. The van der Waals surface area contributed by atoms with Crippen LogP contribution in [0.5, 0.6) is 0 Å². The summed E-state index contributed by atoms with van der Waals surface area (Å²) in [6, 6.07) is 0. The Labute approximate surface area is 69.0 Å². The molecule has 0 atom stereocenters. The van der Waals surface area contributed by atoms with E-state index in [1.807, 2.05) is 0 Å². The Morgan fingerprint density at radius 2 is 1.67 bits per heavy atom. The van der Waals surface area contributed by atoms with Crippen LogP contribution < -0.4 is 5.14 Å². The molecule has 0 aromatic rings. The van der Waals surface area contributed by atoms with Gasteiger partial charge in [0.15, 0.2) is 0 Å². The summed E-state index contributed by atoms with van der Waals surface area (Å²) >= 11 is 0. The van der Waals surface area contributed by atoms with Crippen LogP contribution >= 0.6 is 0 Å². The maximum Gasteiger partial charge on any atom is 0.244 e. The average molecular weight is 197 g/mol. The van der Waals surface area contributed by atoms with E-state index in [9.17, 15) is 17.2 Å². The van der Waals surface area contributed by atoms with Crippen LogP contribution in [0.2, 0.25) is 0 Å². The summed E-state index contributed by atoms with van der Waals surface area (Å²) in [7, 11) is -3.60. The number of hydrogen-bond donors (Lipinski definition) is 1. The summed E-state index contributed by atoms with van der Waals surface area (Å²) in [5.74, 6) is 0. The fraction of sp³-hybridized carbons (Fsp3) is 1.00. The summed E-state index contributed by atoms with van der Waals surface area (Å²) in [6.07, 6.45) is -2.25. The minimum atomic E-state index is -3.60. The molecular weight excluding hydrogens is 188 g/mol. The van der Waals surface area contributed by atoms with Crippen molar-refractivity contribution in [1.82, 2.24) is 0 Å². The van der Waals surface area contributed by atoms with E-state index in [1.54, 1.807) is 0 Å². The molecule has 2 bridgehead atoms. The van der Waals surface area contributed by atoms with Crippen LogP contribution in [-0.2, 0) is 10.0 Å². The lowest BCUT2D eigenvalue weighted by Gasteiger charge is -2.67. The SMILES string of the molecule is NS(=O)(=O)C12CC(C(F)F)(C1)C2. The van der Waals surface area contributed by atoms with E-state index < -0.39 is 26.6 Å². The Morgan fingerprint density at radius 1 is 1.25 bits per heavy atom. The number of halogens is 2. The maximum atomic E-state index is 12.2. The highest BCUT2D eigenvalue weighted by atomic mass is 32.2. The first-order valence-corrected chi connectivity index (χ1v) is 5.17. The lowest BCUT2D eigenvalue weighted by atomic mass is 9.44. The Balaban J connectivity index is 2.15. The molecule has 0 heterocycles. The van der Waals surface area contributed by atoms with Gasteiger partial charge >= 0.3 is 0 Å². The smallest absolute Gasteiger partial charge is 0.228 e. The zero-order valence-corrected chi connectivity index (χ0v) is 7.07. The van der Waals surface area contributed by atoms with Crippen molar-refractivity contribution < 1.29 is 17.2 Å². The van der Waals surface area contributed by atoms with Gasteiger partial charge in [0.05, 0.1) is 4.75 Å².